The van der Waals surface area contributed by atoms with E-state index in [1.165, 1.54) is 0 Å². The highest BCUT2D eigenvalue weighted by molar-refractivity contribution is 5.91. The molecule has 20 heavy (non-hydrogen) atoms. The summed E-state index contributed by atoms with van der Waals surface area (Å²) in [5, 5.41) is 8.62. The maximum Gasteiger partial charge on any atom is 0.324 e. The summed E-state index contributed by atoms with van der Waals surface area (Å²) in [4.78, 5) is 26.1. The molecule has 0 aliphatic carbocycles. The van der Waals surface area contributed by atoms with Crippen molar-refractivity contribution in [1.82, 2.24) is 4.90 Å². The molecule has 2 amide bonds. The summed E-state index contributed by atoms with van der Waals surface area (Å²) in [6, 6.07) is 7.67. The molecular weight excluding hydrogens is 256 g/mol. The Hall–Kier alpha value is -2.04. The molecule has 0 bridgehead atoms. The van der Waals surface area contributed by atoms with Crippen molar-refractivity contribution < 1.29 is 14.7 Å². The van der Waals surface area contributed by atoms with Gasteiger partial charge in [-0.25, -0.2) is 4.79 Å². The Morgan fingerprint density at radius 2 is 2.00 bits per heavy atom. The molecule has 0 aliphatic rings. The summed E-state index contributed by atoms with van der Waals surface area (Å²) < 4.78 is 0. The highest BCUT2D eigenvalue weighted by Crippen LogP contribution is 2.17. The van der Waals surface area contributed by atoms with Gasteiger partial charge >= 0.3 is 12.0 Å². The Bertz CT molecular complexity index is 474. The van der Waals surface area contributed by atoms with Crippen molar-refractivity contribution in [2.45, 2.75) is 26.7 Å². The number of carbonyl (C=O) groups is 2. The number of nitrogens with zero attached hydrogens (tertiary/aromatic N) is 2. The highest BCUT2D eigenvalue weighted by atomic mass is 16.4. The van der Waals surface area contributed by atoms with Gasteiger partial charge in [0, 0.05) is 32.2 Å². The molecule has 0 unspecified atom stereocenters. The predicted molar refractivity (Wildman–Crippen MR) is 79.1 cm³/mol. The molecule has 0 saturated carbocycles. The van der Waals surface area contributed by atoms with Crippen LogP contribution in [-0.4, -0.2) is 42.1 Å². The number of benzene rings is 1. The number of anilines is 1. The number of carbonyl (C=O) groups excluding carboxylic acids is 1. The van der Waals surface area contributed by atoms with Crippen molar-refractivity contribution in [3.05, 3.63) is 29.8 Å². The molecule has 110 valence electrons. The van der Waals surface area contributed by atoms with E-state index in [4.69, 9.17) is 5.11 Å². The quantitative estimate of drug-likeness (QED) is 0.870. The van der Waals surface area contributed by atoms with E-state index in [1.807, 2.05) is 38.1 Å². The molecular formula is C15H22N2O3. The Kier molecular flexibility index (Phi) is 6.03. The van der Waals surface area contributed by atoms with E-state index < -0.39 is 5.97 Å². The Morgan fingerprint density at radius 1 is 1.30 bits per heavy atom. The lowest BCUT2D eigenvalue weighted by Gasteiger charge is -2.27. The molecule has 1 N–H and O–H groups in total. The molecule has 5 heteroatoms. The lowest BCUT2D eigenvalue weighted by Crippen LogP contribution is -2.41. The lowest BCUT2D eigenvalue weighted by molar-refractivity contribution is -0.137. The predicted octanol–water partition coefficient (Wildman–Crippen LogP) is 2.74. The first-order chi connectivity index (χ1) is 9.45. The number of aliphatic carboxylic acids is 1. The molecule has 0 atom stereocenters. The zero-order chi connectivity index (χ0) is 15.1. The fourth-order valence-corrected chi connectivity index (χ4v) is 1.99. The van der Waals surface area contributed by atoms with E-state index in [-0.39, 0.29) is 12.5 Å². The van der Waals surface area contributed by atoms with Crippen LogP contribution in [0.3, 0.4) is 0 Å². The van der Waals surface area contributed by atoms with Crippen molar-refractivity contribution in [2.75, 3.05) is 25.0 Å². The first-order valence-corrected chi connectivity index (χ1v) is 6.76. The maximum atomic E-state index is 12.4. The highest BCUT2D eigenvalue weighted by Gasteiger charge is 2.18. The van der Waals surface area contributed by atoms with Gasteiger partial charge in [-0.15, -0.1) is 0 Å². The second-order valence-electron chi connectivity index (χ2n) is 4.78. The Labute approximate surface area is 119 Å². The third-order valence-electron chi connectivity index (χ3n) is 3.07. The van der Waals surface area contributed by atoms with Gasteiger partial charge in [0.25, 0.3) is 0 Å². The van der Waals surface area contributed by atoms with Crippen LogP contribution >= 0.6 is 0 Å². The zero-order valence-corrected chi connectivity index (χ0v) is 12.3. The van der Waals surface area contributed by atoms with E-state index in [9.17, 15) is 9.59 Å². The van der Waals surface area contributed by atoms with Gasteiger partial charge in [0.2, 0.25) is 0 Å². The third kappa shape index (κ3) is 4.57. The number of carboxylic acids is 1. The van der Waals surface area contributed by atoms with E-state index in [0.29, 0.717) is 19.5 Å². The van der Waals surface area contributed by atoms with Crippen LogP contribution in [-0.2, 0) is 4.79 Å². The standard InChI is InChI=1S/C15H22N2O3/c1-4-17(13-8-5-7-12(2)11-13)15(20)16(3)10-6-9-14(18)19/h5,7-8,11H,4,6,9-10H2,1-3H3,(H,18,19). The number of carboxylic acid groups (broad SMARTS) is 1. The molecule has 0 fully saturated rings. The summed E-state index contributed by atoms with van der Waals surface area (Å²) in [5.74, 6) is -0.836. The molecule has 1 rings (SSSR count). The summed E-state index contributed by atoms with van der Waals surface area (Å²) in [7, 11) is 1.70. The van der Waals surface area contributed by atoms with Gasteiger partial charge in [-0.3, -0.25) is 9.69 Å². The zero-order valence-electron chi connectivity index (χ0n) is 12.3. The van der Waals surface area contributed by atoms with Crippen LogP contribution in [0.25, 0.3) is 0 Å². The number of rotatable bonds is 6. The third-order valence-corrected chi connectivity index (χ3v) is 3.07. The van der Waals surface area contributed by atoms with E-state index >= 15 is 0 Å². The monoisotopic (exact) mass is 278 g/mol. The molecule has 0 aliphatic heterocycles. The molecule has 0 radical (unpaired) electrons. The SMILES string of the molecule is CCN(C(=O)N(C)CCCC(=O)O)c1cccc(C)c1. The molecule has 0 heterocycles. The smallest absolute Gasteiger partial charge is 0.324 e. The number of amides is 2. The second kappa shape index (κ2) is 7.53. The summed E-state index contributed by atoms with van der Waals surface area (Å²) in [6.45, 7) is 4.92. The van der Waals surface area contributed by atoms with E-state index in [0.717, 1.165) is 11.3 Å². The minimum absolute atomic E-state index is 0.0776. The maximum absolute atomic E-state index is 12.4. The average Bonchev–Trinajstić information content (AvgIpc) is 2.39. The van der Waals surface area contributed by atoms with Gasteiger partial charge in [0.05, 0.1) is 0 Å². The Morgan fingerprint density at radius 3 is 2.55 bits per heavy atom. The van der Waals surface area contributed by atoms with Crippen molar-refractivity contribution in [3.63, 3.8) is 0 Å². The second-order valence-corrected chi connectivity index (χ2v) is 4.78. The molecule has 1 aromatic carbocycles. The lowest BCUT2D eigenvalue weighted by atomic mass is 10.2. The van der Waals surface area contributed by atoms with E-state index in [1.54, 1.807) is 16.8 Å². The van der Waals surface area contributed by atoms with Crippen molar-refractivity contribution >= 4 is 17.7 Å². The summed E-state index contributed by atoms with van der Waals surface area (Å²) in [5.41, 5.74) is 1.96. The van der Waals surface area contributed by atoms with Crippen molar-refractivity contribution in [2.24, 2.45) is 0 Å². The normalized spacial score (nSPS) is 10.2. The minimum atomic E-state index is -0.836. The first-order valence-electron chi connectivity index (χ1n) is 6.76. The van der Waals surface area contributed by atoms with Crippen LogP contribution in [0.5, 0.6) is 0 Å². The topological polar surface area (TPSA) is 60.9 Å². The summed E-state index contributed by atoms with van der Waals surface area (Å²) >= 11 is 0. The Balaban J connectivity index is 2.69. The van der Waals surface area contributed by atoms with Crippen molar-refractivity contribution in [1.29, 1.82) is 0 Å². The van der Waals surface area contributed by atoms with Gasteiger partial charge in [0.15, 0.2) is 0 Å². The number of aryl methyl sites for hydroxylation is 1. The fourth-order valence-electron chi connectivity index (χ4n) is 1.99. The van der Waals surface area contributed by atoms with E-state index in [2.05, 4.69) is 0 Å². The summed E-state index contributed by atoms with van der Waals surface area (Å²) in [6.07, 6.45) is 0.539. The number of urea groups is 1. The molecule has 1 aromatic rings. The largest absolute Gasteiger partial charge is 0.481 e. The van der Waals surface area contributed by atoms with Gasteiger partial charge in [-0.1, -0.05) is 12.1 Å². The number of hydrogen-bond acceptors (Lipinski definition) is 2. The van der Waals surface area contributed by atoms with Crippen LogP contribution in [0.15, 0.2) is 24.3 Å². The molecule has 0 saturated heterocycles. The number of hydrogen-bond donors (Lipinski definition) is 1. The van der Waals surface area contributed by atoms with Gasteiger partial charge < -0.3 is 10.0 Å². The first kappa shape index (κ1) is 16.0. The molecule has 0 spiro atoms. The van der Waals surface area contributed by atoms with Crippen LogP contribution in [0.2, 0.25) is 0 Å². The molecule has 5 nitrogen and oxygen atoms in total. The van der Waals surface area contributed by atoms with Gasteiger partial charge in [-0.2, -0.15) is 0 Å². The average molecular weight is 278 g/mol. The van der Waals surface area contributed by atoms with Gasteiger partial charge in [0.1, 0.15) is 0 Å². The minimum Gasteiger partial charge on any atom is -0.481 e. The molecule has 0 aromatic heterocycles. The fraction of sp³-hybridized carbons (Fsp3) is 0.467. The van der Waals surface area contributed by atoms with Crippen LogP contribution in [0.1, 0.15) is 25.3 Å². The van der Waals surface area contributed by atoms with Gasteiger partial charge in [-0.05, 0) is 38.0 Å². The van der Waals surface area contributed by atoms with Crippen LogP contribution in [0.4, 0.5) is 10.5 Å². The van der Waals surface area contributed by atoms with Crippen LogP contribution < -0.4 is 4.90 Å². The van der Waals surface area contributed by atoms with Crippen molar-refractivity contribution in [3.8, 4) is 0 Å². The van der Waals surface area contributed by atoms with Crippen LogP contribution in [0, 0.1) is 6.92 Å².